The second kappa shape index (κ2) is 2.44. The van der Waals surface area contributed by atoms with Gasteiger partial charge >= 0.3 is 0 Å². The van der Waals surface area contributed by atoms with E-state index in [9.17, 15) is 4.79 Å². The molecule has 0 aliphatic carbocycles. The van der Waals surface area contributed by atoms with Crippen LogP contribution in [0.15, 0.2) is 35.4 Å². The van der Waals surface area contributed by atoms with E-state index in [0.717, 1.165) is 5.56 Å². The second-order valence-corrected chi connectivity index (χ2v) is 2.72. The van der Waals surface area contributed by atoms with Crippen LogP contribution in [0.2, 0.25) is 0 Å². The van der Waals surface area contributed by atoms with Crippen LogP contribution in [0.1, 0.15) is 5.56 Å². The molecular formula is C9H8N2O. The van der Waals surface area contributed by atoms with Crippen molar-refractivity contribution in [3.05, 3.63) is 46.5 Å². The summed E-state index contributed by atoms with van der Waals surface area (Å²) in [6.07, 6.45) is 3.30. The minimum atomic E-state index is -0.0382. The van der Waals surface area contributed by atoms with Crippen LogP contribution in [0.3, 0.4) is 0 Å². The van der Waals surface area contributed by atoms with Crippen LogP contribution >= 0.6 is 0 Å². The van der Waals surface area contributed by atoms with E-state index in [4.69, 9.17) is 0 Å². The Morgan fingerprint density at radius 3 is 3.00 bits per heavy atom. The minimum Gasteiger partial charge on any atom is -0.269 e. The van der Waals surface area contributed by atoms with Gasteiger partial charge in [-0.05, 0) is 18.6 Å². The van der Waals surface area contributed by atoms with Gasteiger partial charge in [0, 0.05) is 18.5 Å². The number of aryl methyl sites for hydroxylation is 1. The van der Waals surface area contributed by atoms with Gasteiger partial charge in [0.05, 0.1) is 0 Å². The third-order valence-electron chi connectivity index (χ3n) is 1.74. The number of hydrogen-bond acceptors (Lipinski definition) is 2. The number of fused-ring (bicyclic) bond motifs is 1. The molecule has 0 saturated heterocycles. The first-order chi connectivity index (χ1) is 5.77. The van der Waals surface area contributed by atoms with E-state index in [1.54, 1.807) is 6.20 Å². The SMILES string of the molecule is Cc1ccc2nccc(=O)n2c1. The quantitative estimate of drug-likeness (QED) is 0.576. The molecule has 3 nitrogen and oxygen atoms in total. The standard InChI is InChI=1S/C9H8N2O/c1-7-2-3-8-10-5-4-9(12)11(8)6-7/h2-6H,1H3. The predicted octanol–water partition coefficient (Wildman–Crippen LogP) is 1.00. The van der Waals surface area contributed by atoms with Crippen molar-refractivity contribution in [1.82, 2.24) is 9.38 Å². The molecule has 0 unspecified atom stereocenters. The maximum absolute atomic E-state index is 11.3. The molecule has 0 aromatic carbocycles. The Kier molecular flexibility index (Phi) is 1.43. The third kappa shape index (κ3) is 0.993. The monoisotopic (exact) mass is 160 g/mol. The van der Waals surface area contributed by atoms with E-state index in [-0.39, 0.29) is 5.56 Å². The smallest absolute Gasteiger partial charge is 0.257 e. The zero-order chi connectivity index (χ0) is 8.55. The average Bonchev–Trinajstić information content (AvgIpc) is 2.07. The van der Waals surface area contributed by atoms with E-state index in [0.29, 0.717) is 5.65 Å². The van der Waals surface area contributed by atoms with Gasteiger partial charge in [-0.2, -0.15) is 0 Å². The summed E-state index contributed by atoms with van der Waals surface area (Å²) >= 11 is 0. The molecule has 0 atom stereocenters. The molecule has 0 aliphatic rings. The van der Waals surface area contributed by atoms with Crippen LogP contribution in [-0.4, -0.2) is 9.38 Å². The lowest BCUT2D eigenvalue weighted by Gasteiger charge is -1.98. The van der Waals surface area contributed by atoms with Crippen molar-refractivity contribution in [2.45, 2.75) is 6.92 Å². The summed E-state index contributed by atoms with van der Waals surface area (Å²) < 4.78 is 1.54. The first-order valence-electron chi connectivity index (χ1n) is 3.71. The lowest BCUT2D eigenvalue weighted by molar-refractivity contribution is 1.03. The number of pyridine rings is 1. The van der Waals surface area contributed by atoms with Crippen molar-refractivity contribution in [3.63, 3.8) is 0 Å². The van der Waals surface area contributed by atoms with Crippen LogP contribution in [-0.2, 0) is 0 Å². The van der Waals surface area contributed by atoms with Gasteiger partial charge in [0.25, 0.3) is 5.56 Å². The average molecular weight is 160 g/mol. The first kappa shape index (κ1) is 7.03. The maximum atomic E-state index is 11.3. The Balaban J connectivity index is 2.98. The summed E-state index contributed by atoms with van der Waals surface area (Å²) in [6, 6.07) is 5.21. The Morgan fingerprint density at radius 2 is 2.17 bits per heavy atom. The highest BCUT2D eigenvalue weighted by Crippen LogP contribution is 1.98. The Hall–Kier alpha value is -1.64. The van der Waals surface area contributed by atoms with E-state index in [1.807, 2.05) is 19.1 Å². The highest BCUT2D eigenvalue weighted by atomic mass is 16.1. The van der Waals surface area contributed by atoms with Gasteiger partial charge in [-0.15, -0.1) is 0 Å². The van der Waals surface area contributed by atoms with Gasteiger partial charge in [0.2, 0.25) is 0 Å². The lowest BCUT2D eigenvalue weighted by atomic mass is 10.3. The number of aromatic nitrogens is 2. The topological polar surface area (TPSA) is 34.4 Å². The van der Waals surface area contributed by atoms with Gasteiger partial charge in [0.1, 0.15) is 5.65 Å². The zero-order valence-corrected chi connectivity index (χ0v) is 6.69. The number of rotatable bonds is 0. The lowest BCUT2D eigenvalue weighted by Crippen LogP contribution is -2.12. The van der Waals surface area contributed by atoms with E-state index in [2.05, 4.69) is 4.98 Å². The third-order valence-corrected chi connectivity index (χ3v) is 1.74. The highest BCUT2D eigenvalue weighted by Gasteiger charge is 1.94. The van der Waals surface area contributed by atoms with E-state index >= 15 is 0 Å². The molecule has 0 fully saturated rings. The van der Waals surface area contributed by atoms with Gasteiger partial charge < -0.3 is 0 Å². The van der Waals surface area contributed by atoms with Crippen LogP contribution in [0.25, 0.3) is 5.65 Å². The second-order valence-electron chi connectivity index (χ2n) is 2.72. The molecule has 60 valence electrons. The van der Waals surface area contributed by atoms with Crippen molar-refractivity contribution < 1.29 is 0 Å². The summed E-state index contributed by atoms with van der Waals surface area (Å²) in [5.74, 6) is 0. The van der Waals surface area contributed by atoms with Crippen LogP contribution in [0.5, 0.6) is 0 Å². The van der Waals surface area contributed by atoms with Crippen LogP contribution < -0.4 is 5.56 Å². The fraction of sp³-hybridized carbons (Fsp3) is 0.111. The van der Waals surface area contributed by atoms with Gasteiger partial charge in [-0.3, -0.25) is 9.20 Å². The molecule has 2 heterocycles. The van der Waals surface area contributed by atoms with Crippen LogP contribution in [0.4, 0.5) is 0 Å². The van der Waals surface area contributed by atoms with Crippen LogP contribution in [0, 0.1) is 6.92 Å². The molecule has 12 heavy (non-hydrogen) atoms. The fourth-order valence-electron chi connectivity index (χ4n) is 1.14. The zero-order valence-electron chi connectivity index (χ0n) is 6.69. The molecule has 0 aliphatic heterocycles. The molecule has 0 N–H and O–H groups in total. The molecule has 0 amide bonds. The summed E-state index contributed by atoms with van der Waals surface area (Å²) in [4.78, 5) is 15.3. The molecule has 3 heteroatoms. The van der Waals surface area contributed by atoms with Crippen molar-refractivity contribution in [1.29, 1.82) is 0 Å². The first-order valence-corrected chi connectivity index (χ1v) is 3.71. The predicted molar refractivity (Wildman–Crippen MR) is 46.2 cm³/mol. The molecule has 0 bridgehead atoms. The highest BCUT2D eigenvalue weighted by molar-refractivity contribution is 5.38. The van der Waals surface area contributed by atoms with Gasteiger partial charge in [-0.1, -0.05) is 6.07 Å². The molecule has 0 spiro atoms. The molecule has 2 rings (SSSR count). The normalized spacial score (nSPS) is 10.4. The number of nitrogens with zero attached hydrogens (tertiary/aromatic N) is 2. The largest absolute Gasteiger partial charge is 0.269 e. The molecular weight excluding hydrogens is 152 g/mol. The number of hydrogen-bond donors (Lipinski definition) is 0. The Morgan fingerprint density at radius 1 is 1.33 bits per heavy atom. The van der Waals surface area contributed by atoms with Crippen molar-refractivity contribution in [2.24, 2.45) is 0 Å². The Bertz CT molecular complexity index is 473. The summed E-state index contributed by atoms with van der Waals surface area (Å²) in [6.45, 7) is 1.94. The van der Waals surface area contributed by atoms with Crippen molar-refractivity contribution >= 4 is 5.65 Å². The van der Waals surface area contributed by atoms with Crippen molar-refractivity contribution in [3.8, 4) is 0 Å². The summed E-state index contributed by atoms with van der Waals surface area (Å²) in [7, 11) is 0. The fourth-order valence-corrected chi connectivity index (χ4v) is 1.14. The van der Waals surface area contributed by atoms with E-state index < -0.39 is 0 Å². The molecule has 2 aromatic rings. The summed E-state index contributed by atoms with van der Waals surface area (Å²) in [5.41, 5.74) is 1.70. The summed E-state index contributed by atoms with van der Waals surface area (Å²) in [5, 5.41) is 0. The van der Waals surface area contributed by atoms with E-state index in [1.165, 1.54) is 16.7 Å². The van der Waals surface area contributed by atoms with Crippen molar-refractivity contribution in [2.75, 3.05) is 0 Å². The van der Waals surface area contributed by atoms with Gasteiger partial charge in [0.15, 0.2) is 0 Å². The Labute approximate surface area is 69.3 Å². The molecule has 0 radical (unpaired) electrons. The molecule has 0 saturated carbocycles. The molecule has 2 aromatic heterocycles. The minimum absolute atomic E-state index is 0.0382. The van der Waals surface area contributed by atoms with Gasteiger partial charge in [-0.25, -0.2) is 4.98 Å². The maximum Gasteiger partial charge on any atom is 0.257 e.